The molecule has 0 saturated carbocycles. The zero-order chi connectivity index (χ0) is 14.8. The van der Waals surface area contributed by atoms with Gasteiger partial charge < -0.3 is 16.0 Å². The Bertz CT molecular complexity index is 385. The normalized spacial score (nSPS) is 10.8. The molecule has 0 atom stereocenters. The van der Waals surface area contributed by atoms with Gasteiger partial charge in [0.05, 0.1) is 0 Å². The molecule has 4 nitrogen and oxygen atoms in total. The standard InChI is InChI=1S/C16H27N3O/c1-3-19(4-2)12-6-5-11-18-16(20)15-9-7-14(13-17)8-10-15/h7-10H,3-6,11-13,17H2,1-2H3,(H,18,20). The van der Waals surface area contributed by atoms with E-state index in [2.05, 4.69) is 24.1 Å². The Balaban J connectivity index is 2.22. The minimum atomic E-state index is -0.00332. The summed E-state index contributed by atoms with van der Waals surface area (Å²) in [5.74, 6) is -0.00332. The second-order valence-corrected chi connectivity index (χ2v) is 4.89. The van der Waals surface area contributed by atoms with Crippen molar-refractivity contribution in [3.8, 4) is 0 Å². The molecule has 4 heteroatoms. The van der Waals surface area contributed by atoms with E-state index in [-0.39, 0.29) is 5.91 Å². The van der Waals surface area contributed by atoms with Crippen molar-refractivity contribution in [2.45, 2.75) is 33.2 Å². The molecule has 0 bridgehead atoms. The van der Waals surface area contributed by atoms with Gasteiger partial charge in [0.15, 0.2) is 0 Å². The first-order chi connectivity index (χ1) is 9.71. The van der Waals surface area contributed by atoms with Crippen molar-refractivity contribution in [2.75, 3.05) is 26.2 Å². The summed E-state index contributed by atoms with van der Waals surface area (Å²) in [5.41, 5.74) is 7.27. The van der Waals surface area contributed by atoms with E-state index in [0.717, 1.165) is 44.6 Å². The fourth-order valence-corrected chi connectivity index (χ4v) is 2.10. The predicted molar refractivity (Wildman–Crippen MR) is 83.7 cm³/mol. The maximum Gasteiger partial charge on any atom is 0.251 e. The summed E-state index contributed by atoms with van der Waals surface area (Å²) in [6, 6.07) is 7.45. The van der Waals surface area contributed by atoms with Crippen molar-refractivity contribution in [3.63, 3.8) is 0 Å². The second kappa shape index (κ2) is 9.50. The summed E-state index contributed by atoms with van der Waals surface area (Å²) in [4.78, 5) is 14.3. The monoisotopic (exact) mass is 277 g/mol. The fraction of sp³-hybridized carbons (Fsp3) is 0.562. The lowest BCUT2D eigenvalue weighted by Crippen LogP contribution is -2.27. The highest BCUT2D eigenvalue weighted by Crippen LogP contribution is 2.03. The van der Waals surface area contributed by atoms with Gasteiger partial charge in [0.1, 0.15) is 0 Å². The molecule has 0 aromatic heterocycles. The van der Waals surface area contributed by atoms with Crippen molar-refractivity contribution < 1.29 is 4.79 Å². The SMILES string of the molecule is CCN(CC)CCCCNC(=O)c1ccc(CN)cc1. The Labute approximate surface area is 122 Å². The zero-order valence-electron chi connectivity index (χ0n) is 12.7. The molecule has 0 aliphatic heterocycles. The van der Waals surface area contributed by atoms with Gasteiger partial charge in [-0.05, 0) is 50.2 Å². The van der Waals surface area contributed by atoms with E-state index < -0.39 is 0 Å². The molecule has 0 saturated heterocycles. The smallest absolute Gasteiger partial charge is 0.251 e. The summed E-state index contributed by atoms with van der Waals surface area (Å²) >= 11 is 0. The third kappa shape index (κ3) is 5.72. The van der Waals surface area contributed by atoms with E-state index in [0.29, 0.717) is 12.1 Å². The van der Waals surface area contributed by atoms with Crippen LogP contribution in [0.4, 0.5) is 0 Å². The van der Waals surface area contributed by atoms with Gasteiger partial charge in [-0.25, -0.2) is 0 Å². The van der Waals surface area contributed by atoms with E-state index >= 15 is 0 Å². The number of carbonyl (C=O) groups excluding carboxylic acids is 1. The van der Waals surface area contributed by atoms with Crippen LogP contribution in [0.1, 0.15) is 42.6 Å². The minimum Gasteiger partial charge on any atom is -0.352 e. The second-order valence-electron chi connectivity index (χ2n) is 4.89. The Kier molecular flexibility index (Phi) is 7.92. The Morgan fingerprint density at radius 2 is 1.80 bits per heavy atom. The van der Waals surface area contributed by atoms with Crippen LogP contribution in [-0.2, 0) is 6.54 Å². The van der Waals surface area contributed by atoms with Crippen LogP contribution in [0, 0.1) is 0 Å². The van der Waals surface area contributed by atoms with E-state index in [4.69, 9.17) is 5.73 Å². The number of carbonyl (C=O) groups is 1. The number of benzene rings is 1. The van der Waals surface area contributed by atoms with E-state index in [1.165, 1.54) is 0 Å². The van der Waals surface area contributed by atoms with Gasteiger partial charge >= 0.3 is 0 Å². The number of nitrogens with two attached hydrogens (primary N) is 1. The summed E-state index contributed by atoms with van der Waals surface area (Å²) in [5, 5.41) is 2.96. The first kappa shape index (κ1) is 16.7. The molecule has 0 spiro atoms. The van der Waals surface area contributed by atoms with Gasteiger partial charge in [-0.1, -0.05) is 26.0 Å². The number of hydrogen-bond acceptors (Lipinski definition) is 3. The molecule has 0 unspecified atom stereocenters. The van der Waals surface area contributed by atoms with Crippen LogP contribution in [0.5, 0.6) is 0 Å². The predicted octanol–water partition coefficient (Wildman–Crippen LogP) is 2.00. The first-order valence-electron chi connectivity index (χ1n) is 7.50. The average molecular weight is 277 g/mol. The van der Waals surface area contributed by atoms with Gasteiger partial charge in [-0.2, -0.15) is 0 Å². The molecular weight excluding hydrogens is 250 g/mol. The topological polar surface area (TPSA) is 58.4 Å². The lowest BCUT2D eigenvalue weighted by Gasteiger charge is -2.17. The van der Waals surface area contributed by atoms with E-state index in [1.807, 2.05) is 24.3 Å². The first-order valence-corrected chi connectivity index (χ1v) is 7.50. The number of amides is 1. The van der Waals surface area contributed by atoms with Gasteiger partial charge in [0.25, 0.3) is 5.91 Å². The van der Waals surface area contributed by atoms with Crippen LogP contribution < -0.4 is 11.1 Å². The number of hydrogen-bond donors (Lipinski definition) is 2. The summed E-state index contributed by atoms with van der Waals surface area (Å²) in [7, 11) is 0. The van der Waals surface area contributed by atoms with Gasteiger partial charge in [-0.3, -0.25) is 4.79 Å². The molecule has 1 amide bonds. The van der Waals surface area contributed by atoms with Crippen molar-refractivity contribution >= 4 is 5.91 Å². The molecule has 1 aromatic rings. The van der Waals surface area contributed by atoms with Crippen LogP contribution in [0.2, 0.25) is 0 Å². The molecule has 0 aliphatic carbocycles. The third-order valence-electron chi connectivity index (χ3n) is 3.53. The number of nitrogens with zero attached hydrogens (tertiary/aromatic N) is 1. The molecule has 0 aliphatic rings. The Morgan fingerprint density at radius 3 is 2.35 bits per heavy atom. The quantitative estimate of drug-likeness (QED) is 0.679. The lowest BCUT2D eigenvalue weighted by atomic mass is 10.1. The summed E-state index contributed by atoms with van der Waals surface area (Å²) in [6.45, 7) is 8.89. The van der Waals surface area contributed by atoms with Gasteiger partial charge in [-0.15, -0.1) is 0 Å². The number of rotatable bonds is 9. The minimum absolute atomic E-state index is 0.00332. The van der Waals surface area contributed by atoms with Gasteiger partial charge in [0, 0.05) is 18.7 Å². The van der Waals surface area contributed by atoms with Crippen LogP contribution in [0.25, 0.3) is 0 Å². The van der Waals surface area contributed by atoms with Crippen molar-refractivity contribution in [1.29, 1.82) is 0 Å². The fourth-order valence-electron chi connectivity index (χ4n) is 2.10. The van der Waals surface area contributed by atoms with E-state index in [9.17, 15) is 4.79 Å². The molecule has 3 N–H and O–H groups in total. The average Bonchev–Trinajstić information content (AvgIpc) is 2.50. The summed E-state index contributed by atoms with van der Waals surface area (Å²) in [6.07, 6.45) is 2.14. The Hall–Kier alpha value is -1.39. The molecule has 112 valence electrons. The summed E-state index contributed by atoms with van der Waals surface area (Å²) < 4.78 is 0. The molecule has 0 radical (unpaired) electrons. The van der Waals surface area contributed by atoms with Crippen LogP contribution in [-0.4, -0.2) is 37.0 Å². The van der Waals surface area contributed by atoms with E-state index in [1.54, 1.807) is 0 Å². The molecule has 0 fully saturated rings. The molecule has 1 rings (SSSR count). The third-order valence-corrected chi connectivity index (χ3v) is 3.53. The lowest BCUT2D eigenvalue weighted by molar-refractivity contribution is 0.0952. The molecule has 20 heavy (non-hydrogen) atoms. The van der Waals surface area contributed by atoms with Crippen molar-refractivity contribution in [3.05, 3.63) is 35.4 Å². The molecule has 1 aromatic carbocycles. The zero-order valence-corrected chi connectivity index (χ0v) is 12.7. The largest absolute Gasteiger partial charge is 0.352 e. The van der Waals surface area contributed by atoms with Crippen LogP contribution >= 0.6 is 0 Å². The van der Waals surface area contributed by atoms with Crippen LogP contribution in [0.3, 0.4) is 0 Å². The highest BCUT2D eigenvalue weighted by atomic mass is 16.1. The molecular formula is C16H27N3O. The Morgan fingerprint density at radius 1 is 1.15 bits per heavy atom. The van der Waals surface area contributed by atoms with Crippen molar-refractivity contribution in [2.24, 2.45) is 5.73 Å². The maximum atomic E-state index is 11.9. The molecule has 0 heterocycles. The van der Waals surface area contributed by atoms with Crippen LogP contribution in [0.15, 0.2) is 24.3 Å². The highest BCUT2D eigenvalue weighted by molar-refractivity contribution is 5.94. The van der Waals surface area contributed by atoms with Gasteiger partial charge in [0.2, 0.25) is 0 Å². The maximum absolute atomic E-state index is 11.9. The number of unbranched alkanes of at least 4 members (excludes halogenated alkanes) is 1. The number of nitrogens with one attached hydrogen (secondary N) is 1. The van der Waals surface area contributed by atoms with Crippen molar-refractivity contribution in [1.82, 2.24) is 10.2 Å². The highest BCUT2D eigenvalue weighted by Gasteiger charge is 2.04.